The second kappa shape index (κ2) is 9.51. The molecule has 2 N–H and O–H groups in total. The third-order valence-corrected chi connectivity index (χ3v) is 6.46. The summed E-state index contributed by atoms with van der Waals surface area (Å²) >= 11 is 5.62. The summed E-state index contributed by atoms with van der Waals surface area (Å²) < 4.78 is 47.9. The second-order valence-corrected chi connectivity index (χ2v) is 8.81. The van der Waals surface area contributed by atoms with E-state index in [1.54, 1.807) is 12.1 Å². The van der Waals surface area contributed by atoms with Crippen LogP contribution in [0.5, 0.6) is 11.5 Å². The van der Waals surface area contributed by atoms with Crippen molar-refractivity contribution in [1.82, 2.24) is 10.6 Å². The van der Waals surface area contributed by atoms with Crippen molar-refractivity contribution >= 4 is 23.4 Å². The Morgan fingerprint density at radius 3 is 2.64 bits per heavy atom. The smallest absolute Gasteiger partial charge is 0.387 e. The van der Waals surface area contributed by atoms with E-state index in [1.807, 2.05) is 0 Å². The van der Waals surface area contributed by atoms with Crippen LogP contribution in [0.15, 0.2) is 42.5 Å². The van der Waals surface area contributed by atoms with Gasteiger partial charge in [-0.25, -0.2) is 4.39 Å². The zero-order chi connectivity index (χ0) is 23.6. The van der Waals surface area contributed by atoms with Crippen LogP contribution in [-0.4, -0.2) is 31.1 Å². The first-order valence-electron chi connectivity index (χ1n) is 10.4. The Morgan fingerprint density at radius 1 is 1.12 bits per heavy atom. The number of nitrogens with one attached hydrogen (secondary N) is 2. The van der Waals surface area contributed by atoms with Gasteiger partial charge in [0.25, 0.3) is 5.91 Å². The van der Waals surface area contributed by atoms with Crippen molar-refractivity contribution < 1.29 is 32.2 Å². The summed E-state index contributed by atoms with van der Waals surface area (Å²) in [6.07, 6.45) is 1.85. The van der Waals surface area contributed by atoms with Gasteiger partial charge in [0.05, 0.1) is 10.4 Å². The lowest BCUT2D eigenvalue weighted by atomic mass is 9.69. The largest absolute Gasteiger partial charge is 0.484 e. The summed E-state index contributed by atoms with van der Waals surface area (Å²) in [5.41, 5.74) is 0.104. The molecule has 0 aliphatic heterocycles. The van der Waals surface area contributed by atoms with Crippen molar-refractivity contribution in [1.29, 1.82) is 0 Å². The van der Waals surface area contributed by atoms with Crippen LogP contribution >= 0.6 is 11.6 Å². The maximum Gasteiger partial charge on any atom is 0.387 e. The molecule has 6 nitrogen and oxygen atoms in total. The molecule has 3 fully saturated rings. The molecule has 33 heavy (non-hydrogen) atoms. The highest BCUT2D eigenvalue weighted by Gasteiger charge is 2.60. The number of amides is 2. The molecule has 5 rings (SSSR count). The molecule has 2 amide bonds. The molecule has 0 aromatic heterocycles. The number of fused-ring (bicyclic) bond motifs is 1. The van der Waals surface area contributed by atoms with Gasteiger partial charge in [-0.2, -0.15) is 8.78 Å². The fourth-order valence-corrected chi connectivity index (χ4v) is 4.71. The zero-order valence-corrected chi connectivity index (χ0v) is 18.2. The van der Waals surface area contributed by atoms with E-state index in [0.29, 0.717) is 24.8 Å². The number of hydrogen-bond acceptors (Lipinski definition) is 4. The Kier molecular flexibility index (Phi) is 6.69. The van der Waals surface area contributed by atoms with Gasteiger partial charge in [0.15, 0.2) is 6.61 Å². The Balaban J connectivity index is 1.24. The van der Waals surface area contributed by atoms with Crippen molar-refractivity contribution in [3.8, 4) is 11.5 Å². The third-order valence-electron chi connectivity index (χ3n) is 6.15. The van der Waals surface area contributed by atoms with Gasteiger partial charge in [0.1, 0.15) is 17.3 Å². The van der Waals surface area contributed by atoms with Crippen molar-refractivity contribution in [2.24, 2.45) is 11.3 Å². The molecule has 3 aliphatic rings. The standard InChI is InChI=1S/C23H22ClF3N2O4/c24-17-5-4-15(7-18(17)25)32-12-20(30)29-19-10-23(8-14(19)9-23)21(31)28-11-13-2-1-3-16(6-13)33-22(26)27/h1-7,14,19,22H,8-12H2,(H,28,31)(H,29,30). The molecular weight excluding hydrogens is 461 g/mol. The van der Waals surface area contributed by atoms with Gasteiger partial charge >= 0.3 is 6.61 Å². The normalized spacial score (nSPS) is 23.1. The van der Waals surface area contributed by atoms with Gasteiger partial charge in [0, 0.05) is 18.7 Å². The van der Waals surface area contributed by atoms with Crippen LogP contribution in [0.25, 0.3) is 0 Å². The Morgan fingerprint density at radius 2 is 1.91 bits per heavy atom. The molecule has 1 atom stereocenters. The number of hydrogen-bond donors (Lipinski definition) is 2. The first kappa shape index (κ1) is 23.2. The summed E-state index contributed by atoms with van der Waals surface area (Å²) in [5, 5.41) is 5.73. The molecule has 2 aromatic carbocycles. The third kappa shape index (κ3) is 5.35. The van der Waals surface area contributed by atoms with E-state index in [0.717, 1.165) is 6.07 Å². The fraction of sp³-hybridized carbons (Fsp3) is 0.391. The molecule has 2 bridgehead atoms. The molecule has 3 saturated carbocycles. The minimum atomic E-state index is -2.91. The summed E-state index contributed by atoms with van der Waals surface area (Å²) in [4.78, 5) is 25.1. The highest BCUT2D eigenvalue weighted by molar-refractivity contribution is 6.30. The van der Waals surface area contributed by atoms with Crippen molar-refractivity contribution in [2.75, 3.05) is 6.61 Å². The van der Waals surface area contributed by atoms with E-state index in [1.165, 1.54) is 24.3 Å². The van der Waals surface area contributed by atoms with Crippen molar-refractivity contribution in [3.05, 3.63) is 58.9 Å². The fourth-order valence-electron chi connectivity index (χ4n) is 4.60. The van der Waals surface area contributed by atoms with E-state index < -0.39 is 17.8 Å². The van der Waals surface area contributed by atoms with Gasteiger partial charge in [-0.3, -0.25) is 9.59 Å². The highest BCUT2D eigenvalue weighted by Crippen LogP contribution is 2.58. The first-order valence-corrected chi connectivity index (χ1v) is 10.8. The quantitative estimate of drug-likeness (QED) is 0.565. The average molecular weight is 483 g/mol. The number of carbonyl (C=O) groups excluding carboxylic acids is 2. The molecule has 1 unspecified atom stereocenters. The SMILES string of the molecule is O=C(COc1ccc(Cl)c(F)c1)NC1CC2(C(=O)NCc3cccc(OC(F)F)c3)CC1C2. The second-order valence-electron chi connectivity index (χ2n) is 8.40. The first-order chi connectivity index (χ1) is 15.7. The van der Waals surface area contributed by atoms with Crippen LogP contribution in [0.4, 0.5) is 13.2 Å². The average Bonchev–Trinajstić information content (AvgIpc) is 3.28. The monoisotopic (exact) mass is 482 g/mol. The van der Waals surface area contributed by atoms with Gasteiger partial charge in [-0.15, -0.1) is 0 Å². The number of halogens is 4. The Hall–Kier alpha value is -2.94. The lowest BCUT2D eigenvalue weighted by molar-refractivity contribution is -0.135. The van der Waals surface area contributed by atoms with Crippen LogP contribution in [0.1, 0.15) is 24.8 Å². The molecule has 10 heteroatoms. The lowest BCUT2D eigenvalue weighted by Crippen LogP contribution is -2.44. The van der Waals surface area contributed by atoms with Gasteiger partial charge < -0.3 is 20.1 Å². The van der Waals surface area contributed by atoms with E-state index in [9.17, 15) is 22.8 Å². The number of ether oxygens (including phenoxy) is 2. The molecule has 176 valence electrons. The van der Waals surface area contributed by atoms with Crippen molar-refractivity contribution in [2.45, 2.75) is 38.5 Å². The molecule has 0 saturated heterocycles. The summed E-state index contributed by atoms with van der Waals surface area (Å²) in [7, 11) is 0. The molecule has 2 aromatic rings. The molecule has 0 radical (unpaired) electrons. The molecule has 0 spiro atoms. The zero-order valence-electron chi connectivity index (χ0n) is 17.5. The Bertz CT molecular complexity index is 1050. The summed E-state index contributed by atoms with van der Waals surface area (Å²) in [5.74, 6) is -0.673. The minimum absolute atomic E-state index is 0.0321. The molecular formula is C23H22ClF3N2O4. The van der Waals surface area contributed by atoms with E-state index in [2.05, 4.69) is 15.4 Å². The topological polar surface area (TPSA) is 76.7 Å². The number of alkyl halides is 2. The molecule has 3 aliphatic carbocycles. The highest BCUT2D eigenvalue weighted by atomic mass is 35.5. The van der Waals surface area contributed by atoms with E-state index >= 15 is 0 Å². The van der Waals surface area contributed by atoms with Crippen LogP contribution in [0.2, 0.25) is 5.02 Å². The van der Waals surface area contributed by atoms with Crippen LogP contribution in [0, 0.1) is 17.2 Å². The Labute approximate surface area is 193 Å². The van der Waals surface area contributed by atoms with Crippen LogP contribution in [0.3, 0.4) is 0 Å². The van der Waals surface area contributed by atoms with E-state index in [-0.39, 0.29) is 53.4 Å². The summed E-state index contributed by atoms with van der Waals surface area (Å²) in [6.45, 7) is -3.00. The minimum Gasteiger partial charge on any atom is -0.484 e. The number of carbonyl (C=O) groups is 2. The summed E-state index contributed by atoms with van der Waals surface area (Å²) in [6, 6.07) is 9.96. The predicted molar refractivity (Wildman–Crippen MR) is 114 cm³/mol. The van der Waals surface area contributed by atoms with Crippen LogP contribution < -0.4 is 20.1 Å². The van der Waals surface area contributed by atoms with Gasteiger partial charge in [-0.05, 0) is 55.0 Å². The number of rotatable bonds is 9. The maximum atomic E-state index is 13.5. The van der Waals surface area contributed by atoms with Crippen molar-refractivity contribution in [3.63, 3.8) is 0 Å². The predicted octanol–water partition coefficient (Wildman–Crippen LogP) is 4.06. The van der Waals surface area contributed by atoms with Gasteiger partial charge in [-0.1, -0.05) is 23.7 Å². The van der Waals surface area contributed by atoms with E-state index in [4.69, 9.17) is 16.3 Å². The van der Waals surface area contributed by atoms with Crippen LogP contribution in [-0.2, 0) is 16.1 Å². The maximum absolute atomic E-state index is 13.5. The molecule has 0 heterocycles. The number of benzene rings is 2. The lowest BCUT2D eigenvalue weighted by Gasteiger charge is -2.36. The van der Waals surface area contributed by atoms with Gasteiger partial charge in [0.2, 0.25) is 5.91 Å².